The van der Waals surface area contributed by atoms with Crippen LogP contribution < -0.4 is 5.32 Å². The highest BCUT2D eigenvalue weighted by atomic mass is 15.0. The SMILES string of the molecule is CC(C)(C)CC1NCCc2[nH]cnc21. The molecule has 1 atom stereocenters. The third-order valence-corrected chi connectivity index (χ3v) is 2.66. The molecule has 1 unspecified atom stereocenters. The minimum absolute atomic E-state index is 0.352. The van der Waals surface area contributed by atoms with Crippen LogP contribution in [0, 0.1) is 5.41 Å². The molecule has 1 aliphatic heterocycles. The van der Waals surface area contributed by atoms with Crippen molar-refractivity contribution in [2.24, 2.45) is 5.41 Å². The highest BCUT2D eigenvalue weighted by molar-refractivity contribution is 5.19. The lowest BCUT2D eigenvalue weighted by molar-refractivity contribution is 0.301. The van der Waals surface area contributed by atoms with Crippen LogP contribution in [0.3, 0.4) is 0 Å². The molecular formula is C11H19N3. The molecule has 0 fully saturated rings. The zero-order valence-corrected chi connectivity index (χ0v) is 9.22. The van der Waals surface area contributed by atoms with E-state index >= 15 is 0 Å². The Kier molecular flexibility index (Phi) is 2.35. The van der Waals surface area contributed by atoms with E-state index in [9.17, 15) is 0 Å². The number of hydrogen-bond acceptors (Lipinski definition) is 2. The largest absolute Gasteiger partial charge is 0.348 e. The molecule has 1 aliphatic rings. The number of nitrogens with zero attached hydrogens (tertiary/aromatic N) is 1. The number of H-pyrrole nitrogens is 1. The Hall–Kier alpha value is -0.830. The molecule has 0 bridgehead atoms. The van der Waals surface area contributed by atoms with Crippen LogP contribution in [-0.4, -0.2) is 16.5 Å². The first-order chi connectivity index (χ1) is 6.56. The van der Waals surface area contributed by atoms with Crippen LogP contribution in [0.4, 0.5) is 0 Å². The summed E-state index contributed by atoms with van der Waals surface area (Å²) in [6, 6.07) is 0.435. The van der Waals surface area contributed by atoms with E-state index in [2.05, 4.69) is 36.1 Å². The Morgan fingerprint density at radius 2 is 2.29 bits per heavy atom. The molecule has 2 heterocycles. The minimum Gasteiger partial charge on any atom is -0.348 e. The van der Waals surface area contributed by atoms with E-state index in [1.165, 1.54) is 11.4 Å². The van der Waals surface area contributed by atoms with Crippen LogP contribution in [0.1, 0.15) is 44.6 Å². The predicted molar refractivity (Wildman–Crippen MR) is 57.1 cm³/mol. The highest BCUT2D eigenvalue weighted by Gasteiger charge is 2.26. The number of hydrogen-bond donors (Lipinski definition) is 2. The monoisotopic (exact) mass is 193 g/mol. The van der Waals surface area contributed by atoms with Gasteiger partial charge in [-0.25, -0.2) is 4.98 Å². The number of nitrogens with one attached hydrogen (secondary N) is 2. The summed E-state index contributed by atoms with van der Waals surface area (Å²) in [6.45, 7) is 7.89. The van der Waals surface area contributed by atoms with Crippen molar-refractivity contribution in [3.63, 3.8) is 0 Å². The smallest absolute Gasteiger partial charge is 0.0925 e. The predicted octanol–water partition coefficient (Wildman–Crippen LogP) is 2.03. The van der Waals surface area contributed by atoms with Gasteiger partial charge in [0, 0.05) is 18.7 Å². The van der Waals surface area contributed by atoms with Gasteiger partial charge in [-0.05, 0) is 11.8 Å². The van der Waals surface area contributed by atoms with Crippen molar-refractivity contribution >= 4 is 0 Å². The Labute approximate surface area is 85.3 Å². The van der Waals surface area contributed by atoms with Gasteiger partial charge in [-0.1, -0.05) is 20.8 Å². The lowest BCUT2D eigenvalue weighted by Crippen LogP contribution is -2.32. The molecule has 2 N–H and O–H groups in total. The molecule has 14 heavy (non-hydrogen) atoms. The Balaban J connectivity index is 2.16. The first-order valence-corrected chi connectivity index (χ1v) is 5.32. The summed E-state index contributed by atoms with van der Waals surface area (Å²) >= 11 is 0. The first kappa shape index (κ1) is 9.71. The van der Waals surface area contributed by atoms with Gasteiger partial charge >= 0.3 is 0 Å². The Morgan fingerprint density at radius 1 is 1.50 bits per heavy atom. The van der Waals surface area contributed by atoms with Crippen LogP contribution in [0.5, 0.6) is 0 Å². The molecule has 0 spiro atoms. The summed E-state index contributed by atoms with van der Waals surface area (Å²) in [4.78, 5) is 7.63. The van der Waals surface area contributed by atoms with Crippen molar-refractivity contribution in [2.75, 3.05) is 6.54 Å². The Morgan fingerprint density at radius 3 is 3.00 bits per heavy atom. The van der Waals surface area contributed by atoms with E-state index in [4.69, 9.17) is 0 Å². The molecule has 0 radical (unpaired) electrons. The van der Waals surface area contributed by atoms with Gasteiger partial charge in [0.2, 0.25) is 0 Å². The number of imidazole rings is 1. The molecule has 1 aromatic heterocycles. The van der Waals surface area contributed by atoms with Gasteiger partial charge in [-0.15, -0.1) is 0 Å². The molecular weight excluding hydrogens is 174 g/mol. The normalized spacial score (nSPS) is 22.1. The number of rotatable bonds is 1. The summed E-state index contributed by atoms with van der Waals surface area (Å²) in [6.07, 6.45) is 4.04. The van der Waals surface area contributed by atoms with Crippen molar-refractivity contribution in [2.45, 2.75) is 39.7 Å². The molecule has 3 heteroatoms. The second-order valence-electron chi connectivity index (χ2n) is 5.29. The molecule has 78 valence electrons. The zero-order chi connectivity index (χ0) is 10.2. The second kappa shape index (κ2) is 3.39. The van der Waals surface area contributed by atoms with Crippen LogP contribution in [0.25, 0.3) is 0 Å². The van der Waals surface area contributed by atoms with Gasteiger partial charge in [-0.2, -0.15) is 0 Å². The molecule has 0 saturated heterocycles. The summed E-state index contributed by atoms with van der Waals surface area (Å²) in [7, 11) is 0. The topological polar surface area (TPSA) is 40.7 Å². The fraction of sp³-hybridized carbons (Fsp3) is 0.727. The molecule has 3 nitrogen and oxygen atoms in total. The fourth-order valence-corrected chi connectivity index (χ4v) is 2.08. The minimum atomic E-state index is 0.352. The molecule has 0 saturated carbocycles. The molecule has 2 rings (SSSR count). The van der Waals surface area contributed by atoms with Crippen LogP contribution in [0.15, 0.2) is 6.33 Å². The van der Waals surface area contributed by atoms with E-state index in [1.54, 1.807) is 0 Å². The van der Waals surface area contributed by atoms with Crippen molar-refractivity contribution in [3.8, 4) is 0 Å². The lowest BCUT2D eigenvalue weighted by Gasteiger charge is -2.29. The number of aromatic amines is 1. The highest BCUT2D eigenvalue weighted by Crippen LogP contribution is 2.31. The average molecular weight is 193 g/mol. The maximum Gasteiger partial charge on any atom is 0.0925 e. The number of aromatic nitrogens is 2. The maximum absolute atomic E-state index is 4.40. The van der Waals surface area contributed by atoms with E-state index in [-0.39, 0.29) is 0 Å². The van der Waals surface area contributed by atoms with Crippen molar-refractivity contribution in [3.05, 3.63) is 17.7 Å². The van der Waals surface area contributed by atoms with Gasteiger partial charge in [0.1, 0.15) is 0 Å². The van der Waals surface area contributed by atoms with Crippen LogP contribution >= 0.6 is 0 Å². The van der Waals surface area contributed by atoms with Gasteiger partial charge in [0.25, 0.3) is 0 Å². The summed E-state index contributed by atoms with van der Waals surface area (Å²) in [5.74, 6) is 0. The van der Waals surface area contributed by atoms with Gasteiger partial charge in [0.15, 0.2) is 0 Å². The zero-order valence-electron chi connectivity index (χ0n) is 9.22. The third kappa shape index (κ3) is 1.98. The second-order valence-corrected chi connectivity index (χ2v) is 5.29. The maximum atomic E-state index is 4.40. The van der Waals surface area contributed by atoms with Gasteiger partial charge in [0.05, 0.1) is 18.1 Å². The van der Waals surface area contributed by atoms with Crippen LogP contribution in [-0.2, 0) is 6.42 Å². The van der Waals surface area contributed by atoms with Gasteiger partial charge in [-0.3, -0.25) is 0 Å². The molecule has 1 aromatic rings. The van der Waals surface area contributed by atoms with E-state index < -0.39 is 0 Å². The van der Waals surface area contributed by atoms with Crippen LogP contribution in [0.2, 0.25) is 0 Å². The molecule has 0 aliphatic carbocycles. The van der Waals surface area contributed by atoms with Crippen molar-refractivity contribution < 1.29 is 0 Å². The Bertz CT molecular complexity index is 309. The first-order valence-electron chi connectivity index (χ1n) is 5.32. The number of fused-ring (bicyclic) bond motifs is 1. The molecule has 0 amide bonds. The van der Waals surface area contributed by atoms with Gasteiger partial charge < -0.3 is 10.3 Å². The summed E-state index contributed by atoms with van der Waals surface area (Å²) in [5, 5.41) is 3.54. The average Bonchev–Trinajstić information content (AvgIpc) is 2.49. The van der Waals surface area contributed by atoms with Crippen molar-refractivity contribution in [1.29, 1.82) is 0 Å². The summed E-state index contributed by atoms with van der Waals surface area (Å²) < 4.78 is 0. The fourth-order valence-electron chi connectivity index (χ4n) is 2.08. The summed E-state index contributed by atoms with van der Waals surface area (Å²) in [5.41, 5.74) is 2.90. The third-order valence-electron chi connectivity index (χ3n) is 2.66. The standard InChI is InChI=1S/C11H19N3/c1-11(2,3)6-9-10-8(4-5-12-9)13-7-14-10/h7,9,12H,4-6H2,1-3H3,(H,13,14). The van der Waals surface area contributed by atoms with E-state index in [0.717, 1.165) is 19.4 Å². The molecule has 0 aromatic carbocycles. The quantitative estimate of drug-likeness (QED) is 0.716. The van der Waals surface area contributed by atoms with E-state index in [1.807, 2.05) is 6.33 Å². The lowest BCUT2D eigenvalue weighted by atomic mass is 9.85. The van der Waals surface area contributed by atoms with E-state index in [0.29, 0.717) is 11.5 Å². The van der Waals surface area contributed by atoms with Crippen molar-refractivity contribution in [1.82, 2.24) is 15.3 Å².